The highest BCUT2D eigenvalue weighted by molar-refractivity contribution is 7.17. The molecule has 3 fully saturated rings. The summed E-state index contributed by atoms with van der Waals surface area (Å²) in [5.41, 5.74) is 2.82. The molecule has 3 aliphatic rings. The molecular weight excluding hydrogens is 377 g/mol. The van der Waals surface area contributed by atoms with Crippen molar-refractivity contribution in [1.29, 1.82) is 0 Å². The predicted octanol–water partition coefficient (Wildman–Crippen LogP) is 3.77. The van der Waals surface area contributed by atoms with Crippen molar-refractivity contribution < 1.29 is 4.74 Å². The van der Waals surface area contributed by atoms with E-state index < -0.39 is 0 Å². The van der Waals surface area contributed by atoms with Gasteiger partial charge in [0.05, 0.1) is 25.5 Å². The minimum atomic E-state index is 0.117. The van der Waals surface area contributed by atoms with Crippen molar-refractivity contribution >= 4 is 9.24 Å². The first-order chi connectivity index (χ1) is 14.2. The van der Waals surface area contributed by atoms with Crippen molar-refractivity contribution in [3.05, 3.63) is 84.4 Å². The van der Waals surface area contributed by atoms with Crippen molar-refractivity contribution in [2.24, 2.45) is 5.41 Å². The lowest BCUT2D eigenvalue weighted by atomic mass is 9.79. The SMILES string of the molecule is C=CCOCC12CNC(c3ccccc3)N3C(C1)C(P)N(C2)C3c1ccccc1. The highest BCUT2D eigenvalue weighted by atomic mass is 31.0. The number of fused-ring (bicyclic) bond motifs is 2. The Labute approximate surface area is 176 Å². The van der Waals surface area contributed by atoms with E-state index in [-0.39, 0.29) is 17.7 Å². The first kappa shape index (κ1) is 19.4. The number of piperidine rings is 1. The number of rotatable bonds is 6. The maximum absolute atomic E-state index is 6.03. The number of benzene rings is 2. The number of hydrogen-bond donors (Lipinski definition) is 1. The fourth-order valence-electron chi connectivity index (χ4n) is 5.53. The van der Waals surface area contributed by atoms with E-state index in [2.05, 4.69) is 91.6 Å². The molecule has 3 saturated heterocycles. The van der Waals surface area contributed by atoms with Crippen molar-refractivity contribution in [2.45, 2.75) is 30.6 Å². The Balaban J connectivity index is 1.57. The van der Waals surface area contributed by atoms with Crippen LogP contribution in [0.25, 0.3) is 0 Å². The van der Waals surface area contributed by atoms with Gasteiger partial charge in [-0.2, -0.15) is 0 Å². The third-order valence-electron chi connectivity index (χ3n) is 6.74. The van der Waals surface area contributed by atoms with E-state index >= 15 is 0 Å². The molecule has 29 heavy (non-hydrogen) atoms. The zero-order valence-corrected chi connectivity index (χ0v) is 17.9. The first-order valence-electron chi connectivity index (χ1n) is 10.5. The summed E-state index contributed by atoms with van der Waals surface area (Å²) in [5, 5.41) is 3.93. The molecule has 2 aromatic rings. The molecule has 152 valence electrons. The van der Waals surface area contributed by atoms with E-state index in [1.807, 2.05) is 6.08 Å². The summed E-state index contributed by atoms with van der Waals surface area (Å²) in [7, 11) is 3.14. The molecule has 3 heterocycles. The van der Waals surface area contributed by atoms with Crippen LogP contribution < -0.4 is 5.32 Å². The van der Waals surface area contributed by atoms with Crippen molar-refractivity contribution in [3.63, 3.8) is 0 Å². The second kappa shape index (κ2) is 7.94. The van der Waals surface area contributed by atoms with E-state index in [1.54, 1.807) is 0 Å². The Morgan fingerprint density at radius 3 is 2.48 bits per heavy atom. The fraction of sp³-hybridized carbons (Fsp3) is 0.417. The van der Waals surface area contributed by atoms with Gasteiger partial charge in [0.25, 0.3) is 0 Å². The van der Waals surface area contributed by atoms with Gasteiger partial charge in [0.15, 0.2) is 0 Å². The molecule has 0 spiro atoms. The average molecular weight is 407 g/mol. The van der Waals surface area contributed by atoms with Crippen LogP contribution in [0.2, 0.25) is 0 Å². The Hall–Kier alpha value is -1.55. The van der Waals surface area contributed by atoms with Crippen molar-refractivity contribution in [3.8, 4) is 0 Å². The van der Waals surface area contributed by atoms with Crippen LogP contribution in [0, 0.1) is 5.41 Å². The van der Waals surface area contributed by atoms with Crippen LogP contribution in [0.1, 0.15) is 29.9 Å². The predicted molar refractivity (Wildman–Crippen MR) is 120 cm³/mol. The molecule has 0 aliphatic carbocycles. The summed E-state index contributed by atoms with van der Waals surface area (Å²) in [6.07, 6.45) is 3.46. The lowest BCUT2D eigenvalue weighted by molar-refractivity contribution is -0.00717. The molecule has 0 saturated carbocycles. The summed E-state index contributed by atoms with van der Waals surface area (Å²) in [4.78, 5) is 5.40. The highest BCUT2D eigenvalue weighted by Crippen LogP contribution is 2.54. The van der Waals surface area contributed by atoms with E-state index in [9.17, 15) is 0 Å². The summed E-state index contributed by atoms with van der Waals surface area (Å²) in [5.74, 6) is 0.443. The highest BCUT2D eigenvalue weighted by Gasteiger charge is 2.58. The first-order valence-corrected chi connectivity index (χ1v) is 11.2. The van der Waals surface area contributed by atoms with Gasteiger partial charge in [0.1, 0.15) is 0 Å². The molecule has 5 heteroatoms. The van der Waals surface area contributed by atoms with E-state index in [4.69, 9.17) is 4.74 Å². The molecule has 5 rings (SSSR count). The van der Waals surface area contributed by atoms with Gasteiger partial charge in [-0.3, -0.25) is 15.1 Å². The minimum Gasteiger partial charge on any atom is -0.377 e. The Bertz CT molecular complexity index is 848. The normalized spacial score (nSPS) is 36.1. The molecule has 7 atom stereocenters. The van der Waals surface area contributed by atoms with E-state index in [0.29, 0.717) is 18.4 Å². The molecule has 0 radical (unpaired) electrons. The van der Waals surface area contributed by atoms with Crippen LogP contribution in [-0.2, 0) is 4.74 Å². The zero-order chi connectivity index (χ0) is 19.8. The van der Waals surface area contributed by atoms with Crippen LogP contribution in [0.5, 0.6) is 0 Å². The lowest BCUT2D eigenvalue weighted by Crippen LogP contribution is -2.53. The van der Waals surface area contributed by atoms with E-state index in [1.165, 1.54) is 11.1 Å². The van der Waals surface area contributed by atoms with Crippen LogP contribution >= 0.6 is 9.24 Å². The molecule has 3 bridgehead atoms. The molecule has 7 unspecified atom stereocenters. The average Bonchev–Trinajstić information content (AvgIpc) is 2.88. The topological polar surface area (TPSA) is 27.7 Å². The van der Waals surface area contributed by atoms with Crippen molar-refractivity contribution in [2.75, 3.05) is 26.3 Å². The molecule has 3 aliphatic heterocycles. The number of nitrogens with one attached hydrogen (secondary N) is 1. The van der Waals surface area contributed by atoms with Crippen molar-refractivity contribution in [1.82, 2.24) is 15.1 Å². The third kappa shape index (κ3) is 3.37. The summed E-state index contributed by atoms with van der Waals surface area (Å²) in [6.45, 7) is 7.21. The monoisotopic (exact) mass is 407 g/mol. The Morgan fingerprint density at radius 1 is 1.10 bits per heavy atom. The Morgan fingerprint density at radius 2 is 1.79 bits per heavy atom. The molecule has 0 aromatic heterocycles. The van der Waals surface area contributed by atoms with Crippen LogP contribution in [0.15, 0.2) is 73.3 Å². The lowest BCUT2D eigenvalue weighted by Gasteiger charge is -2.45. The van der Waals surface area contributed by atoms with Gasteiger partial charge in [-0.25, -0.2) is 0 Å². The maximum atomic E-state index is 6.03. The van der Waals surface area contributed by atoms with Crippen LogP contribution in [0.4, 0.5) is 0 Å². The van der Waals surface area contributed by atoms with Gasteiger partial charge in [-0.05, 0) is 17.5 Å². The van der Waals surface area contributed by atoms with Crippen LogP contribution in [-0.4, -0.2) is 47.9 Å². The second-order valence-corrected chi connectivity index (χ2v) is 9.35. The van der Waals surface area contributed by atoms with Gasteiger partial charge < -0.3 is 4.74 Å². The summed E-state index contributed by atoms with van der Waals surface area (Å²) in [6, 6.07) is 22.3. The number of ether oxygens (including phenoxy) is 1. The molecule has 4 nitrogen and oxygen atoms in total. The minimum absolute atomic E-state index is 0.117. The van der Waals surface area contributed by atoms with Gasteiger partial charge in [0.2, 0.25) is 0 Å². The van der Waals surface area contributed by atoms with E-state index in [0.717, 1.165) is 26.1 Å². The van der Waals surface area contributed by atoms with Gasteiger partial charge in [0, 0.05) is 30.3 Å². The second-order valence-electron chi connectivity index (χ2n) is 8.66. The maximum Gasteiger partial charge on any atom is 0.0910 e. The number of nitrogens with zero attached hydrogens (tertiary/aromatic N) is 2. The quantitative estimate of drug-likeness (QED) is 0.448. The molecular formula is C24H30N3OP. The fourth-order valence-corrected chi connectivity index (χ4v) is 6.14. The number of hydrogen-bond acceptors (Lipinski definition) is 4. The molecule has 2 aromatic carbocycles. The van der Waals surface area contributed by atoms with Gasteiger partial charge in [-0.15, -0.1) is 15.8 Å². The summed E-state index contributed by atoms with van der Waals surface area (Å²) < 4.78 is 6.03. The summed E-state index contributed by atoms with van der Waals surface area (Å²) >= 11 is 0. The smallest absolute Gasteiger partial charge is 0.0910 e. The van der Waals surface area contributed by atoms with Gasteiger partial charge in [-0.1, -0.05) is 66.7 Å². The zero-order valence-electron chi connectivity index (χ0n) is 16.8. The Kier molecular flexibility index (Phi) is 5.32. The third-order valence-corrected chi connectivity index (χ3v) is 7.57. The molecule has 0 amide bonds. The van der Waals surface area contributed by atoms with Crippen LogP contribution in [0.3, 0.4) is 0 Å². The molecule has 1 N–H and O–H groups in total. The van der Waals surface area contributed by atoms with Gasteiger partial charge >= 0.3 is 0 Å². The largest absolute Gasteiger partial charge is 0.377 e. The standard InChI is InChI=1S/C24H30N3OP/c1-2-13-28-17-24-14-20-23(29)26(16-24)22(19-11-7-4-8-12-19)27(20)21(25-15-24)18-9-5-3-6-10-18/h2-12,20-23,25H,1,13-17,29H2.